The Labute approximate surface area is 179 Å². The van der Waals surface area contributed by atoms with Crippen molar-refractivity contribution < 1.29 is 13.2 Å². The fourth-order valence-corrected chi connectivity index (χ4v) is 5.29. The maximum absolute atomic E-state index is 13.3. The van der Waals surface area contributed by atoms with Crippen molar-refractivity contribution >= 4 is 15.7 Å². The molecule has 0 bridgehead atoms. The summed E-state index contributed by atoms with van der Waals surface area (Å²) in [5, 5.41) is 2.78. The Morgan fingerprint density at radius 3 is 2.27 bits per heavy atom. The van der Waals surface area contributed by atoms with Gasteiger partial charge in [0.05, 0.1) is 4.90 Å². The van der Waals surface area contributed by atoms with Crippen molar-refractivity contribution in [2.24, 2.45) is 5.92 Å². The number of hydrogen-bond acceptors (Lipinski definition) is 4. The molecule has 1 saturated carbocycles. The number of benzene rings is 1. The third-order valence-electron chi connectivity index (χ3n) is 5.53. The lowest BCUT2D eigenvalue weighted by Gasteiger charge is -2.16. The second kappa shape index (κ2) is 11.1. The summed E-state index contributed by atoms with van der Waals surface area (Å²) < 4.78 is 26.7. The van der Waals surface area contributed by atoms with Crippen molar-refractivity contribution in [2.75, 3.05) is 0 Å². The summed E-state index contributed by atoms with van der Waals surface area (Å²) in [6, 6.07) is 11.8. The lowest BCUT2D eigenvalue weighted by Crippen LogP contribution is -2.29. The standard InChI is InChI=1S/C24H30N2O3S/c27-24(26-19-21-13-10-16-25-18-21)23(30(28,29)22-14-8-5-9-15-22)17-20-11-6-3-1-2-4-7-12-20/h5,8-10,13-18,20H,1-4,6-7,11-12,19H2,(H,26,27)/b23-17+. The van der Waals surface area contributed by atoms with Gasteiger partial charge < -0.3 is 5.32 Å². The Balaban J connectivity index is 1.88. The van der Waals surface area contributed by atoms with Crippen LogP contribution in [0.15, 0.2) is 70.7 Å². The molecule has 1 aliphatic rings. The van der Waals surface area contributed by atoms with Crippen LogP contribution in [0.5, 0.6) is 0 Å². The van der Waals surface area contributed by atoms with Gasteiger partial charge in [-0.1, -0.05) is 68.9 Å². The van der Waals surface area contributed by atoms with Crippen LogP contribution in [-0.2, 0) is 21.2 Å². The fraction of sp³-hybridized carbons (Fsp3) is 0.417. The predicted molar refractivity (Wildman–Crippen MR) is 118 cm³/mol. The van der Waals surface area contributed by atoms with Gasteiger partial charge in [-0.3, -0.25) is 9.78 Å². The normalized spacial score (nSPS) is 16.9. The van der Waals surface area contributed by atoms with Crippen molar-refractivity contribution in [1.82, 2.24) is 10.3 Å². The molecule has 0 aliphatic heterocycles. The van der Waals surface area contributed by atoms with E-state index < -0.39 is 15.7 Å². The predicted octanol–water partition coefficient (Wildman–Crippen LogP) is 4.81. The summed E-state index contributed by atoms with van der Waals surface area (Å²) in [6.45, 7) is 0.235. The molecule has 1 aliphatic carbocycles. The van der Waals surface area contributed by atoms with Crippen molar-refractivity contribution in [3.05, 3.63) is 71.4 Å². The molecular formula is C24H30N2O3S. The number of amides is 1. The molecule has 1 amide bonds. The first-order valence-corrected chi connectivity index (χ1v) is 12.2. The molecule has 2 aromatic rings. The molecule has 6 heteroatoms. The third kappa shape index (κ3) is 6.26. The number of allylic oxidation sites excluding steroid dienone is 1. The number of carbonyl (C=O) groups is 1. The molecule has 5 nitrogen and oxygen atoms in total. The summed E-state index contributed by atoms with van der Waals surface area (Å²) in [7, 11) is -3.90. The Bertz CT molecular complexity index is 931. The van der Waals surface area contributed by atoms with Crippen LogP contribution in [0, 0.1) is 5.92 Å². The zero-order chi connectivity index (χ0) is 21.2. The first-order chi connectivity index (χ1) is 14.6. The molecule has 1 N–H and O–H groups in total. The number of carbonyl (C=O) groups excluding carboxylic acids is 1. The fourth-order valence-electron chi connectivity index (χ4n) is 3.83. The largest absolute Gasteiger partial charge is 0.347 e. The molecule has 0 saturated heterocycles. The zero-order valence-electron chi connectivity index (χ0n) is 17.3. The molecule has 0 atom stereocenters. The van der Waals surface area contributed by atoms with E-state index in [9.17, 15) is 13.2 Å². The first-order valence-electron chi connectivity index (χ1n) is 10.8. The van der Waals surface area contributed by atoms with E-state index in [0.717, 1.165) is 44.1 Å². The highest BCUT2D eigenvalue weighted by Crippen LogP contribution is 2.27. The highest BCUT2D eigenvalue weighted by atomic mass is 32.2. The van der Waals surface area contributed by atoms with Crippen LogP contribution in [0.4, 0.5) is 0 Å². The average Bonchev–Trinajstić information content (AvgIpc) is 2.91. The number of rotatable bonds is 6. The van der Waals surface area contributed by atoms with Crippen molar-refractivity contribution in [1.29, 1.82) is 0 Å². The highest BCUT2D eigenvalue weighted by Gasteiger charge is 2.28. The lowest BCUT2D eigenvalue weighted by atomic mass is 9.96. The van der Waals surface area contributed by atoms with Gasteiger partial charge in [0.1, 0.15) is 4.91 Å². The van der Waals surface area contributed by atoms with Crippen LogP contribution in [-0.4, -0.2) is 19.3 Å². The second-order valence-electron chi connectivity index (χ2n) is 7.85. The maximum Gasteiger partial charge on any atom is 0.263 e. The quantitative estimate of drug-likeness (QED) is 0.673. The zero-order valence-corrected chi connectivity index (χ0v) is 18.1. The van der Waals surface area contributed by atoms with Gasteiger partial charge in [-0.25, -0.2) is 8.42 Å². The van der Waals surface area contributed by atoms with E-state index in [2.05, 4.69) is 10.3 Å². The molecule has 1 fully saturated rings. The number of aromatic nitrogens is 1. The number of pyridine rings is 1. The Hall–Kier alpha value is -2.47. The molecule has 160 valence electrons. The number of sulfone groups is 1. The summed E-state index contributed by atoms with van der Waals surface area (Å²) >= 11 is 0. The molecule has 1 aromatic heterocycles. The lowest BCUT2D eigenvalue weighted by molar-refractivity contribution is -0.117. The van der Waals surface area contributed by atoms with E-state index in [0.29, 0.717) is 0 Å². The minimum Gasteiger partial charge on any atom is -0.347 e. The van der Waals surface area contributed by atoms with Crippen molar-refractivity contribution in [2.45, 2.75) is 62.8 Å². The monoisotopic (exact) mass is 426 g/mol. The van der Waals surface area contributed by atoms with Gasteiger partial charge in [-0.15, -0.1) is 0 Å². The molecular weight excluding hydrogens is 396 g/mol. The van der Waals surface area contributed by atoms with Gasteiger partial charge in [-0.2, -0.15) is 0 Å². The van der Waals surface area contributed by atoms with Crippen LogP contribution in [0.3, 0.4) is 0 Å². The van der Waals surface area contributed by atoms with E-state index >= 15 is 0 Å². The number of nitrogens with one attached hydrogen (secondary N) is 1. The smallest absolute Gasteiger partial charge is 0.263 e. The van der Waals surface area contributed by atoms with E-state index in [1.165, 1.54) is 12.8 Å². The Morgan fingerprint density at radius 1 is 0.967 bits per heavy atom. The highest BCUT2D eigenvalue weighted by molar-refractivity contribution is 7.96. The maximum atomic E-state index is 13.3. The van der Waals surface area contributed by atoms with Crippen molar-refractivity contribution in [3.8, 4) is 0 Å². The number of hydrogen-bond donors (Lipinski definition) is 1. The van der Waals surface area contributed by atoms with Crippen LogP contribution >= 0.6 is 0 Å². The van der Waals surface area contributed by atoms with Gasteiger partial charge in [0.2, 0.25) is 9.84 Å². The van der Waals surface area contributed by atoms with Gasteiger partial charge in [0.15, 0.2) is 0 Å². The van der Waals surface area contributed by atoms with E-state index in [1.54, 1.807) is 54.9 Å². The molecule has 0 radical (unpaired) electrons. The van der Waals surface area contributed by atoms with Crippen LogP contribution in [0.25, 0.3) is 0 Å². The summed E-state index contributed by atoms with van der Waals surface area (Å²) in [6.07, 6.45) is 13.8. The second-order valence-corrected chi connectivity index (χ2v) is 9.77. The Kier molecular flexibility index (Phi) is 8.20. The van der Waals surface area contributed by atoms with E-state index in [-0.39, 0.29) is 22.3 Å². The summed E-state index contributed by atoms with van der Waals surface area (Å²) in [4.78, 5) is 17.1. The van der Waals surface area contributed by atoms with E-state index in [4.69, 9.17) is 0 Å². The van der Waals surface area contributed by atoms with Gasteiger partial charge in [-0.05, 0) is 42.5 Å². The van der Waals surface area contributed by atoms with Gasteiger partial charge >= 0.3 is 0 Å². The third-order valence-corrected chi connectivity index (χ3v) is 7.32. The molecule has 1 heterocycles. The summed E-state index contributed by atoms with van der Waals surface area (Å²) in [5.41, 5.74) is 0.824. The SMILES string of the molecule is O=C(NCc1cccnc1)/C(=C\C1CCCCCCCC1)S(=O)(=O)c1ccccc1. The van der Waals surface area contributed by atoms with Crippen LogP contribution in [0.1, 0.15) is 56.9 Å². The molecule has 3 rings (SSSR count). The molecule has 1 aromatic carbocycles. The van der Waals surface area contributed by atoms with Gasteiger partial charge in [0, 0.05) is 18.9 Å². The van der Waals surface area contributed by atoms with Crippen molar-refractivity contribution in [3.63, 3.8) is 0 Å². The first kappa shape index (κ1) is 22.2. The number of nitrogens with zero attached hydrogens (tertiary/aromatic N) is 1. The van der Waals surface area contributed by atoms with Gasteiger partial charge in [0.25, 0.3) is 5.91 Å². The topological polar surface area (TPSA) is 76.1 Å². The molecule has 0 spiro atoms. The van der Waals surface area contributed by atoms with Crippen LogP contribution in [0.2, 0.25) is 0 Å². The van der Waals surface area contributed by atoms with E-state index in [1.807, 2.05) is 6.07 Å². The minimum absolute atomic E-state index is 0.0979. The summed E-state index contributed by atoms with van der Waals surface area (Å²) in [5.74, 6) is -0.455. The molecule has 0 unspecified atom stereocenters. The average molecular weight is 427 g/mol. The Morgan fingerprint density at radius 2 is 1.63 bits per heavy atom. The minimum atomic E-state index is -3.90. The van der Waals surface area contributed by atoms with Crippen LogP contribution < -0.4 is 5.32 Å². The molecule has 30 heavy (non-hydrogen) atoms.